The van der Waals surface area contributed by atoms with E-state index in [0.717, 1.165) is 27.8 Å². The Morgan fingerprint density at radius 2 is 1.06 bits per heavy atom. The fourth-order valence-corrected chi connectivity index (χ4v) is 3.82. The van der Waals surface area contributed by atoms with E-state index in [2.05, 4.69) is 0 Å². The summed E-state index contributed by atoms with van der Waals surface area (Å²) in [7, 11) is 0. The number of carbonyl (C=O) groups is 2. The largest absolute Gasteiger partial charge is 0.416 e. The molecule has 1 heterocycles. The monoisotopic (exact) mass is 417 g/mol. The highest BCUT2D eigenvalue weighted by Gasteiger charge is 2.37. The van der Waals surface area contributed by atoms with Gasteiger partial charge in [-0.05, 0) is 58.3 Å². The van der Waals surface area contributed by atoms with Gasteiger partial charge in [0.05, 0.1) is 22.4 Å². The molecule has 2 amide bonds. The van der Waals surface area contributed by atoms with Crippen LogP contribution >= 0.6 is 0 Å². The maximum Gasteiger partial charge on any atom is 0.416 e. The first kappa shape index (κ1) is 19.1. The van der Waals surface area contributed by atoms with Crippen LogP contribution in [0.25, 0.3) is 21.9 Å². The zero-order valence-corrected chi connectivity index (χ0v) is 16.0. The number of benzene rings is 4. The smallest absolute Gasteiger partial charge is 0.268 e. The predicted octanol–water partition coefficient (Wildman–Crippen LogP) is 6.33. The summed E-state index contributed by atoms with van der Waals surface area (Å²) in [5, 5.41) is 1.75. The van der Waals surface area contributed by atoms with E-state index in [-0.39, 0.29) is 0 Å². The minimum absolute atomic E-state index is 0.357. The molecule has 31 heavy (non-hydrogen) atoms. The lowest BCUT2D eigenvalue weighted by Crippen LogP contribution is -2.29. The lowest BCUT2D eigenvalue weighted by atomic mass is 10.0. The number of imide groups is 1. The van der Waals surface area contributed by atoms with E-state index < -0.39 is 23.6 Å². The van der Waals surface area contributed by atoms with Gasteiger partial charge in [0.25, 0.3) is 11.8 Å². The van der Waals surface area contributed by atoms with Gasteiger partial charge in [-0.25, -0.2) is 4.90 Å². The second-order valence-corrected chi connectivity index (χ2v) is 7.31. The van der Waals surface area contributed by atoms with Gasteiger partial charge in [0, 0.05) is 0 Å². The number of fused-ring (bicyclic) bond motifs is 2. The second-order valence-electron chi connectivity index (χ2n) is 7.31. The van der Waals surface area contributed by atoms with Crippen LogP contribution in [-0.2, 0) is 6.18 Å². The van der Waals surface area contributed by atoms with E-state index in [0.29, 0.717) is 27.9 Å². The van der Waals surface area contributed by atoms with Crippen LogP contribution in [0.4, 0.5) is 18.9 Å². The molecule has 0 spiro atoms. The number of carbonyl (C=O) groups excluding carboxylic acids is 2. The summed E-state index contributed by atoms with van der Waals surface area (Å²) in [6, 6.07) is 22.4. The Morgan fingerprint density at radius 1 is 0.613 bits per heavy atom. The van der Waals surface area contributed by atoms with Crippen molar-refractivity contribution in [3.05, 3.63) is 102 Å². The fourth-order valence-electron chi connectivity index (χ4n) is 3.82. The molecule has 0 N–H and O–H groups in total. The standard InChI is InChI=1S/C25H14F3NO2/c26-25(27,28)19-9-5-15(6-10-19)16-7-11-20(12-8-16)29-23(30)21-13-17-3-1-2-4-18(17)14-22(21)24(29)31/h1-14H. The first-order valence-corrected chi connectivity index (χ1v) is 9.52. The third-order valence-electron chi connectivity index (χ3n) is 5.42. The highest BCUT2D eigenvalue weighted by molar-refractivity contribution is 6.35. The quantitative estimate of drug-likeness (QED) is 0.358. The molecule has 4 aromatic carbocycles. The van der Waals surface area contributed by atoms with Gasteiger partial charge < -0.3 is 0 Å². The third-order valence-corrected chi connectivity index (χ3v) is 5.42. The van der Waals surface area contributed by atoms with Gasteiger partial charge in [-0.15, -0.1) is 0 Å². The minimum Gasteiger partial charge on any atom is -0.268 e. The Morgan fingerprint density at radius 3 is 1.52 bits per heavy atom. The Labute approximate surface area is 175 Å². The van der Waals surface area contributed by atoms with Crippen molar-refractivity contribution in [1.82, 2.24) is 0 Å². The van der Waals surface area contributed by atoms with Crippen LogP contribution in [0.3, 0.4) is 0 Å². The SMILES string of the molecule is O=C1c2cc3ccccc3cc2C(=O)N1c1ccc(-c2ccc(C(F)(F)F)cc2)cc1. The first-order chi connectivity index (χ1) is 14.8. The van der Waals surface area contributed by atoms with Gasteiger partial charge in [0.1, 0.15) is 0 Å². The van der Waals surface area contributed by atoms with E-state index >= 15 is 0 Å². The summed E-state index contributed by atoms with van der Waals surface area (Å²) in [4.78, 5) is 27.0. The molecule has 0 unspecified atom stereocenters. The highest BCUT2D eigenvalue weighted by Crippen LogP contribution is 2.34. The molecule has 0 atom stereocenters. The van der Waals surface area contributed by atoms with Crippen molar-refractivity contribution in [1.29, 1.82) is 0 Å². The molecule has 0 aliphatic carbocycles. The van der Waals surface area contributed by atoms with Crippen molar-refractivity contribution in [2.75, 3.05) is 4.90 Å². The van der Waals surface area contributed by atoms with Crippen molar-refractivity contribution in [2.24, 2.45) is 0 Å². The second kappa shape index (κ2) is 6.80. The molecule has 6 heteroatoms. The number of nitrogens with zero attached hydrogens (tertiary/aromatic N) is 1. The lowest BCUT2D eigenvalue weighted by Gasteiger charge is -2.14. The first-order valence-electron chi connectivity index (χ1n) is 9.52. The van der Waals surface area contributed by atoms with Crippen molar-refractivity contribution < 1.29 is 22.8 Å². The topological polar surface area (TPSA) is 37.4 Å². The maximum atomic E-state index is 12.9. The summed E-state index contributed by atoms with van der Waals surface area (Å²) in [5.74, 6) is -0.791. The van der Waals surface area contributed by atoms with Crippen LogP contribution in [0.1, 0.15) is 26.3 Å². The van der Waals surface area contributed by atoms with Crippen LogP contribution in [-0.4, -0.2) is 11.8 Å². The molecular weight excluding hydrogens is 403 g/mol. The molecule has 152 valence electrons. The average Bonchev–Trinajstić information content (AvgIpc) is 3.01. The molecule has 4 aromatic rings. The number of alkyl halides is 3. The number of hydrogen-bond donors (Lipinski definition) is 0. The molecule has 0 aromatic heterocycles. The third kappa shape index (κ3) is 3.17. The van der Waals surface area contributed by atoms with Gasteiger partial charge in [-0.1, -0.05) is 48.5 Å². The molecular formula is C25H14F3NO2. The number of anilines is 1. The zero-order valence-electron chi connectivity index (χ0n) is 16.0. The average molecular weight is 417 g/mol. The van der Waals surface area contributed by atoms with E-state index in [1.807, 2.05) is 24.3 Å². The van der Waals surface area contributed by atoms with Crippen LogP contribution < -0.4 is 4.90 Å². The van der Waals surface area contributed by atoms with Gasteiger partial charge >= 0.3 is 6.18 Å². The minimum atomic E-state index is -4.39. The fraction of sp³-hybridized carbons (Fsp3) is 0.0400. The van der Waals surface area contributed by atoms with Crippen molar-refractivity contribution >= 4 is 28.3 Å². The van der Waals surface area contributed by atoms with Crippen molar-refractivity contribution in [2.45, 2.75) is 6.18 Å². The summed E-state index contributed by atoms with van der Waals surface area (Å²) in [6.07, 6.45) is -4.39. The Bertz CT molecular complexity index is 1290. The zero-order chi connectivity index (χ0) is 21.8. The van der Waals surface area contributed by atoms with Crippen LogP contribution in [0, 0.1) is 0 Å². The van der Waals surface area contributed by atoms with E-state index in [1.165, 1.54) is 12.1 Å². The van der Waals surface area contributed by atoms with Crippen molar-refractivity contribution in [3.63, 3.8) is 0 Å². The number of hydrogen-bond acceptors (Lipinski definition) is 2. The van der Waals surface area contributed by atoms with Crippen LogP contribution in [0.15, 0.2) is 84.9 Å². The molecule has 0 fully saturated rings. The summed E-state index contributed by atoms with van der Waals surface area (Å²) in [6.45, 7) is 0. The molecule has 0 saturated heterocycles. The Kier molecular flexibility index (Phi) is 4.18. The lowest BCUT2D eigenvalue weighted by molar-refractivity contribution is -0.137. The molecule has 1 aliphatic heterocycles. The normalized spacial score (nSPS) is 13.7. The Balaban J connectivity index is 1.46. The van der Waals surface area contributed by atoms with E-state index in [4.69, 9.17) is 0 Å². The van der Waals surface area contributed by atoms with Gasteiger partial charge in [0.2, 0.25) is 0 Å². The molecule has 1 aliphatic rings. The molecule has 0 bridgehead atoms. The van der Waals surface area contributed by atoms with Crippen LogP contribution in [0.2, 0.25) is 0 Å². The van der Waals surface area contributed by atoms with Gasteiger partial charge in [0.15, 0.2) is 0 Å². The van der Waals surface area contributed by atoms with Gasteiger partial charge in [-0.2, -0.15) is 13.2 Å². The molecule has 0 radical (unpaired) electrons. The van der Waals surface area contributed by atoms with E-state index in [1.54, 1.807) is 36.4 Å². The molecule has 0 saturated carbocycles. The summed E-state index contributed by atoms with van der Waals surface area (Å²) < 4.78 is 38.3. The predicted molar refractivity (Wildman–Crippen MR) is 112 cm³/mol. The Hall–Kier alpha value is -3.93. The van der Waals surface area contributed by atoms with Gasteiger partial charge in [-0.3, -0.25) is 9.59 Å². The van der Waals surface area contributed by atoms with E-state index in [9.17, 15) is 22.8 Å². The number of halogens is 3. The maximum absolute atomic E-state index is 12.9. The molecule has 3 nitrogen and oxygen atoms in total. The van der Waals surface area contributed by atoms with Crippen molar-refractivity contribution in [3.8, 4) is 11.1 Å². The number of amides is 2. The van der Waals surface area contributed by atoms with Crippen LogP contribution in [0.5, 0.6) is 0 Å². The molecule has 5 rings (SSSR count). The highest BCUT2D eigenvalue weighted by atomic mass is 19.4. The summed E-state index contributed by atoms with van der Waals surface area (Å²) >= 11 is 0. The summed E-state index contributed by atoms with van der Waals surface area (Å²) in [5.41, 5.74) is 1.69. The number of rotatable bonds is 2.